The molecule has 0 aliphatic heterocycles. The van der Waals surface area contributed by atoms with Crippen LogP contribution in [0.4, 0.5) is 5.13 Å². The van der Waals surface area contributed by atoms with Crippen LogP contribution in [0.3, 0.4) is 0 Å². The Morgan fingerprint density at radius 3 is 2.81 bits per heavy atom. The molecule has 0 saturated carbocycles. The predicted molar refractivity (Wildman–Crippen MR) is 106 cm³/mol. The summed E-state index contributed by atoms with van der Waals surface area (Å²) >= 11 is 3.05. The van der Waals surface area contributed by atoms with E-state index in [9.17, 15) is 9.59 Å². The van der Waals surface area contributed by atoms with Crippen molar-refractivity contribution in [3.05, 3.63) is 48.3 Å². The molecule has 0 radical (unpaired) electrons. The normalized spacial score (nSPS) is 12.1. The van der Waals surface area contributed by atoms with Crippen molar-refractivity contribution in [2.45, 2.75) is 12.5 Å². The van der Waals surface area contributed by atoms with Gasteiger partial charge in [0, 0.05) is 12.4 Å². The number of anilines is 1. The third-order valence-electron chi connectivity index (χ3n) is 3.93. The lowest BCUT2D eigenvalue weighted by atomic mass is 10.2. The van der Waals surface area contributed by atoms with Gasteiger partial charge in [0.2, 0.25) is 5.91 Å². The smallest absolute Gasteiger partial charge is 0.337 e. The van der Waals surface area contributed by atoms with E-state index >= 15 is 0 Å². The molecule has 0 aliphatic rings. The Hall–Kier alpha value is -2.32. The van der Waals surface area contributed by atoms with Crippen LogP contribution in [-0.4, -0.2) is 40.5 Å². The monoisotopic (exact) mass is 389 g/mol. The Bertz CT molecular complexity index is 906. The number of hydrogen-bond donors (Lipinski definition) is 1. The van der Waals surface area contributed by atoms with Gasteiger partial charge in [-0.05, 0) is 48.8 Å². The van der Waals surface area contributed by atoms with Crippen LogP contribution >= 0.6 is 23.1 Å². The van der Waals surface area contributed by atoms with Crippen molar-refractivity contribution in [2.24, 2.45) is 0 Å². The number of thioether (sulfide) groups is 1. The molecule has 0 aliphatic carbocycles. The molecular formula is C18H19N3O3S2. The number of carbonyl (C=O) groups excluding carboxylic acids is 2. The number of esters is 1. The summed E-state index contributed by atoms with van der Waals surface area (Å²) in [6.07, 6.45) is 6.55. The lowest BCUT2D eigenvalue weighted by molar-refractivity contribution is -0.119. The summed E-state index contributed by atoms with van der Waals surface area (Å²) in [4.78, 5) is 28.9. The van der Waals surface area contributed by atoms with Gasteiger partial charge in [-0.1, -0.05) is 11.3 Å². The minimum absolute atomic E-state index is 0.0949. The fourth-order valence-corrected chi connectivity index (χ4v) is 3.98. The largest absolute Gasteiger partial charge is 0.465 e. The van der Waals surface area contributed by atoms with E-state index in [0.717, 1.165) is 22.4 Å². The molecule has 0 unspecified atom stereocenters. The molecule has 3 rings (SSSR count). The van der Waals surface area contributed by atoms with Gasteiger partial charge in [-0.15, -0.1) is 0 Å². The second-order valence-corrected chi connectivity index (χ2v) is 7.63. The number of thiazole rings is 1. The van der Waals surface area contributed by atoms with Crippen LogP contribution in [0, 0.1) is 0 Å². The first-order valence-electron chi connectivity index (χ1n) is 8.03. The summed E-state index contributed by atoms with van der Waals surface area (Å²) < 4.78 is 7.47. The Kier molecular flexibility index (Phi) is 5.95. The van der Waals surface area contributed by atoms with Gasteiger partial charge >= 0.3 is 5.97 Å². The highest BCUT2D eigenvalue weighted by atomic mass is 32.2. The lowest BCUT2D eigenvalue weighted by Crippen LogP contribution is -2.25. The first-order valence-corrected chi connectivity index (χ1v) is 10.2. The average Bonchev–Trinajstić information content (AvgIpc) is 3.30. The summed E-state index contributed by atoms with van der Waals surface area (Å²) in [5, 5.41) is 3.44. The number of amides is 1. The summed E-state index contributed by atoms with van der Waals surface area (Å²) in [6, 6.07) is 8.68. The van der Waals surface area contributed by atoms with Gasteiger partial charge < -0.3 is 14.6 Å². The topological polar surface area (TPSA) is 73.2 Å². The zero-order valence-electron chi connectivity index (χ0n) is 14.5. The predicted octanol–water partition coefficient (Wildman–Crippen LogP) is 3.82. The zero-order chi connectivity index (χ0) is 18.5. The number of aromatic nitrogens is 2. The van der Waals surface area contributed by atoms with Gasteiger partial charge in [0.25, 0.3) is 0 Å². The lowest BCUT2D eigenvalue weighted by Gasteiger charge is -2.17. The maximum Gasteiger partial charge on any atom is 0.337 e. The van der Waals surface area contributed by atoms with Crippen LogP contribution in [0.1, 0.15) is 22.8 Å². The quantitative estimate of drug-likeness (QED) is 0.622. The van der Waals surface area contributed by atoms with Crippen molar-refractivity contribution < 1.29 is 14.3 Å². The van der Waals surface area contributed by atoms with E-state index in [-0.39, 0.29) is 11.9 Å². The van der Waals surface area contributed by atoms with Crippen LogP contribution in [-0.2, 0) is 9.53 Å². The fraction of sp³-hybridized carbons (Fsp3) is 0.278. The molecule has 0 bridgehead atoms. The molecule has 6 nitrogen and oxygen atoms in total. The summed E-state index contributed by atoms with van der Waals surface area (Å²) in [5.74, 6) is 0.400. The van der Waals surface area contributed by atoms with Crippen molar-refractivity contribution in [1.29, 1.82) is 0 Å². The fourth-order valence-electron chi connectivity index (χ4n) is 2.61. The molecule has 0 fully saturated rings. The number of rotatable bonds is 7. The van der Waals surface area contributed by atoms with Gasteiger partial charge in [-0.25, -0.2) is 9.78 Å². The SMILES string of the molecule is COC(=O)c1ccc2nc(NC(=O)[C@@H](CCSC)n3cccc3)sc2c1. The molecule has 136 valence electrons. The Morgan fingerprint density at radius 2 is 2.12 bits per heavy atom. The van der Waals surface area contributed by atoms with Crippen molar-refractivity contribution >= 4 is 50.3 Å². The zero-order valence-corrected chi connectivity index (χ0v) is 16.1. The minimum Gasteiger partial charge on any atom is -0.465 e. The molecule has 1 aromatic carbocycles. The Balaban J connectivity index is 1.80. The first kappa shape index (κ1) is 18.5. The van der Waals surface area contributed by atoms with Crippen molar-refractivity contribution in [2.75, 3.05) is 24.4 Å². The summed E-state index contributed by atoms with van der Waals surface area (Å²) in [6.45, 7) is 0. The van der Waals surface area contributed by atoms with E-state index in [1.165, 1.54) is 18.4 Å². The van der Waals surface area contributed by atoms with Crippen LogP contribution in [0.5, 0.6) is 0 Å². The molecule has 1 amide bonds. The van der Waals surface area contributed by atoms with Gasteiger partial charge in [0.15, 0.2) is 5.13 Å². The van der Waals surface area contributed by atoms with Gasteiger partial charge in [0.05, 0.1) is 22.9 Å². The summed E-state index contributed by atoms with van der Waals surface area (Å²) in [7, 11) is 1.35. The van der Waals surface area contributed by atoms with Crippen molar-refractivity contribution in [1.82, 2.24) is 9.55 Å². The van der Waals surface area contributed by atoms with Crippen molar-refractivity contribution in [3.63, 3.8) is 0 Å². The maximum absolute atomic E-state index is 12.8. The molecule has 1 atom stereocenters. The third-order valence-corrected chi connectivity index (χ3v) is 5.50. The van der Waals surface area contributed by atoms with E-state index in [1.54, 1.807) is 30.0 Å². The minimum atomic E-state index is -0.393. The molecule has 3 aromatic rings. The second-order valence-electron chi connectivity index (χ2n) is 5.61. The number of methoxy groups -OCH3 is 1. The number of nitrogens with one attached hydrogen (secondary N) is 1. The van der Waals surface area contributed by atoms with E-state index in [2.05, 4.69) is 10.3 Å². The molecule has 2 heterocycles. The number of carbonyl (C=O) groups is 2. The highest BCUT2D eigenvalue weighted by Gasteiger charge is 2.21. The summed E-state index contributed by atoms with van der Waals surface area (Å²) in [5.41, 5.74) is 1.20. The van der Waals surface area contributed by atoms with Crippen LogP contribution in [0.2, 0.25) is 0 Å². The third kappa shape index (κ3) is 4.08. The second kappa shape index (κ2) is 8.37. The van der Waals surface area contributed by atoms with Gasteiger partial charge in [-0.2, -0.15) is 11.8 Å². The number of ether oxygens (including phenoxy) is 1. The Morgan fingerprint density at radius 1 is 1.35 bits per heavy atom. The van der Waals surface area contributed by atoms with Gasteiger partial charge in [-0.3, -0.25) is 4.79 Å². The molecule has 0 saturated heterocycles. The first-order chi connectivity index (χ1) is 12.6. The molecule has 1 N–H and O–H groups in total. The highest BCUT2D eigenvalue weighted by molar-refractivity contribution is 7.98. The highest BCUT2D eigenvalue weighted by Crippen LogP contribution is 2.28. The standard InChI is InChI=1S/C18H19N3O3S2/c1-24-17(23)12-5-6-13-15(11-12)26-18(19-13)20-16(22)14(7-10-25-2)21-8-3-4-9-21/h3-6,8-9,11,14H,7,10H2,1-2H3,(H,19,20,22)/t14-/m1/s1. The molecular weight excluding hydrogens is 370 g/mol. The van der Waals surface area contributed by atoms with Crippen LogP contribution in [0.25, 0.3) is 10.2 Å². The average molecular weight is 390 g/mol. The van der Waals surface area contributed by atoms with E-state index in [4.69, 9.17) is 4.74 Å². The molecule has 8 heteroatoms. The number of fused-ring (bicyclic) bond motifs is 1. The van der Waals surface area contributed by atoms with Crippen LogP contribution in [0.15, 0.2) is 42.7 Å². The van der Waals surface area contributed by atoms with E-state index in [0.29, 0.717) is 10.7 Å². The number of nitrogens with zero attached hydrogens (tertiary/aromatic N) is 2. The van der Waals surface area contributed by atoms with Crippen molar-refractivity contribution in [3.8, 4) is 0 Å². The molecule has 26 heavy (non-hydrogen) atoms. The van der Waals surface area contributed by atoms with Crippen LogP contribution < -0.4 is 5.32 Å². The van der Waals surface area contributed by atoms with Gasteiger partial charge in [0.1, 0.15) is 6.04 Å². The molecule has 0 spiro atoms. The Labute approximate surface area is 159 Å². The number of hydrogen-bond acceptors (Lipinski definition) is 6. The van der Waals surface area contributed by atoms with E-state index < -0.39 is 5.97 Å². The van der Waals surface area contributed by atoms with E-state index in [1.807, 2.05) is 35.3 Å². The number of benzene rings is 1. The molecule has 2 aromatic heterocycles. The maximum atomic E-state index is 12.8.